The predicted octanol–water partition coefficient (Wildman–Crippen LogP) is 3.47. The van der Waals surface area contributed by atoms with Crippen molar-refractivity contribution in [3.05, 3.63) is 58.1 Å². The second kappa shape index (κ2) is 5.50. The van der Waals surface area contributed by atoms with E-state index in [0.717, 1.165) is 12.1 Å². The lowest BCUT2D eigenvalue weighted by Gasteiger charge is -2.21. The molecule has 0 saturated carbocycles. The van der Waals surface area contributed by atoms with E-state index in [4.69, 9.17) is 21.1 Å². The number of benzene rings is 2. The molecule has 6 heteroatoms. The summed E-state index contributed by atoms with van der Waals surface area (Å²) >= 11 is 6.07. The third-order valence-electron chi connectivity index (χ3n) is 3.23. The van der Waals surface area contributed by atoms with Crippen molar-refractivity contribution in [2.24, 2.45) is 0 Å². The molecule has 0 saturated heterocycles. The number of hydrogen-bond donors (Lipinski definition) is 1. The molecule has 3 rings (SSSR count). The van der Waals surface area contributed by atoms with Gasteiger partial charge in [0.25, 0.3) is 0 Å². The van der Waals surface area contributed by atoms with E-state index in [1.807, 2.05) is 0 Å². The van der Waals surface area contributed by atoms with Crippen LogP contribution < -0.4 is 9.47 Å². The van der Waals surface area contributed by atoms with E-state index in [1.54, 1.807) is 0 Å². The Morgan fingerprint density at radius 1 is 1.05 bits per heavy atom. The Morgan fingerprint density at radius 3 is 2.24 bits per heavy atom. The van der Waals surface area contributed by atoms with Gasteiger partial charge in [0, 0.05) is 11.6 Å². The van der Waals surface area contributed by atoms with E-state index < -0.39 is 23.3 Å². The highest BCUT2D eigenvalue weighted by atomic mass is 35.5. The summed E-state index contributed by atoms with van der Waals surface area (Å²) in [5.74, 6) is -0.852. The molecular weight excluding hydrogens is 302 g/mol. The van der Waals surface area contributed by atoms with Gasteiger partial charge in [0.05, 0.1) is 10.6 Å². The monoisotopic (exact) mass is 312 g/mol. The molecule has 1 heterocycles. The van der Waals surface area contributed by atoms with Crippen molar-refractivity contribution in [3.63, 3.8) is 0 Å². The van der Waals surface area contributed by atoms with Crippen LogP contribution in [-0.2, 0) is 0 Å². The number of aliphatic hydroxyl groups excluding tert-OH is 1. The maximum Gasteiger partial charge on any atom is 0.162 e. The lowest BCUT2D eigenvalue weighted by molar-refractivity contribution is 0.169. The van der Waals surface area contributed by atoms with Crippen LogP contribution in [0.25, 0.3) is 0 Å². The first kappa shape index (κ1) is 14.1. The first-order valence-corrected chi connectivity index (χ1v) is 6.66. The average molecular weight is 313 g/mol. The summed E-state index contributed by atoms with van der Waals surface area (Å²) in [4.78, 5) is 0. The SMILES string of the molecule is OC(c1cc2c(cc1Cl)OCCO2)c1c(F)cccc1F. The molecule has 2 aromatic rings. The Hall–Kier alpha value is -1.85. The molecule has 1 unspecified atom stereocenters. The minimum Gasteiger partial charge on any atom is -0.486 e. The van der Waals surface area contributed by atoms with Crippen molar-refractivity contribution in [2.75, 3.05) is 13.2 Å². The van der Waals surface area contributed by atoms with Gasteiger partial charge in [0.15, 0.2) is 11.5 Å². The third-order valence-corrected chi connectivity index (χ3v) is 3.56. The topological polar surface area (TPSA) is 38.7 Å². The summed E-state index contributed by atoms with van der Waals surface area (Å²) in [5, 5.41) is 10.4. The molecule has 0 fully saturated rings. The smallest absolute Gasteiger partial charge is 0.162 e. The van der Waals surface area contributed by atoms with Crippen LogP contribution in [0.1, 0.15) is 17.2 Å². The molecule has 3 nitrogen and oxygen atoms in total. The first-order chi connectivity index (χ1) is 10.1. The summed E-state index contributed by atoms with van der Waals surface area (Å²) in [5.41, 5.74) is -0.291. The number of ether oxygens (including phenoxy) is 2. The fourth-order valence-electron chi connectivity index (χ4n) is 2.22. The van der Waals surface area contributed by atoms with Gasteiger partial charge in [-0.2, -0.15) is 0 Å². The summed E-state index contributed by atoms with van der Waals surface area (Å²) < 4.78 is 38.3. The van der Waals surface area contributed by atoms with E-state index in [1.165, 1.54) is 18.2 Å². The van der Waals surface area contributed by atoms with Crippen molar-refractivity contribution >= 4 is 11.6 Å². The van der Waals surface area contributed by atoms with Gasteiger partial charge in [0.2, 0.25) is 0 Å². The Morgan fingerprint density at radius 2 is 1.62 bits per heavy atom. The van der Waals surface area contributed by atoms with Crippen molar-refractivity contribution < 1.29 is 23.4 Å². The molecule has 0 bridgehead atoms. The standard InChI is InChI=1S/C15H11ClF2O3/c16-9-7-13-12(20-4-5-21-13)6-8(9)15(19)14-10(17)2-1-3-11(14)18/h1-3,6-7,15,19H,4-5H2. The second-order valence-corrected chi connectivity index (χ2v) is 4.96. The number of fused-ring (bicyclic) bond motifs is 1. The minimum atomic E-state index is -1.53. The molecule has 1 N–H and O–H groups in total. The zero-order valence-corrected chi connectivity index (χ0v) is 11.5. The molecule has 1 aliphatic rings. The second-order valence-electron chi connectivity index (χ2n) is 4.56. The minimum absolute atomic E-state index is 0.148. The van der Waals surface area contributed by atoms with Crippen molar-refractivity contribution in [3.8, 4) is 11.5 Å². The summed E-state index contributed by atoms with van der Waals surface area (Å²) in [6.07, 6.45) is -1.53. The van der Waals surface area contributed by atoms with Gasteiger partial charge in [-0.15, -0.1) is 0 Å². The average Bonchev–Trinajstić information content (AvgIpc) is 2.46. The largest absolute Gasteiger partial charge is 0.486 e. The van der Waals surface area contributed by atoms with Gasteiger partial charge in [-0.05, 0) is 18.2 Å². The van der Waals surface area contributed by atoms with Gasteiger partial charge < -0.3 is 14.6 Å². The Balaban J connectivity index is 2.07. The fourth-order valence-corrected chi connectivity index (χ4v) is 2.47. The molecule has 0 amide bonds. The molecular formula is C15H11ClF2O3. The maximum absolute atomic E-state index is 13.8. The fraction of sp³-hybridized carbons (Fsp3) is 0.200. The van der Waals surface area contributed by atoms with Gasteiger partial charge in [-0.25, -0.2) is 8.78 Å². The number of halogens is 3. The van der Waals surface area contributed by atoms with Crippen molar-refractivity contribution in [1.29, 1.82) is 0 Å². The molecule has 0 aliphatic carbocycles. The zero-order valence-electron chi connectivity index (χ0n) is 10.8. The molecule has 0 spiro atoms. The maximum atomic E-state index is 13.8. The van der Waals surface area contributed by atoms with Crippen LogP contribution >= 0.6 is 11.6 Å². The van der Waals surface area contributed by atoms with Gasteiger partial charge in [-0.1, -0.05) is 17.7 Å². The lowest BCUT2D eigenvalue weighted by atomic mass is 10.00. The zero-order chi connectivity index (χ0) is 15.0. The lowest BCUT2D eigenvalue weighted by Crippen LogP contribution is -2.16. The number of hydrogen-bond acceptors (Lipinski definition) is 3. The number of aliphatic hydroxyl groups is 1. The van der Waals surface area contributed by atoms with Gasteiger partial charge in [0.1, 0.15) is 31.0 Å². The highest BCUT2D eigenvalue weighted by Gasteiger charge is 2.24. The molecule has 21 heavy (non-hydrogen) atoms. The molecule has 2 aromatic carbocycles. The molecule has 1 aliphatic heterocycles. The van der Waals surface area contributed by atoms with Crippen molar-refractivity contribution in [2.45, 2.75) is 6.10 Å². The van der Waals surface area contributed by atoms with Crippen LogP contribution in [0.2, 0.25) is 5.02 Å². The summed E-state index contributed by atoms with van der Waals surface area (Å²) in [6, 6.07) is 6.29. The van der Waals surface area contributed by atoms with E-state index >= 15 is 0 Å². The summed E-state index contributed by atoms with van der Waals surface area (Å²) in [6.45, 7) is 0.755. The van der Waals surface area contributed by atoms with Gasteiger partial charge in [-0.3, -0.25) is 0 Å². The highest BCUT2D eigenvalue weighted by Crippen LogP contribution is 2.40. The highest BCUT2D eigenvalue weighted by molar-refractivity contribution is 6.31. The van der Waals surface area contributed by atoms with E-state index in [2.05, 4.69) is 0 Å². The van der Waals surface area contributed by atoms with Crippen LogP contribution in [0.3, 0.4) is 0 Å². The molecule has 0 aromatic heterocycles. The van der Waals surface area contributed by atoms with Gasteiger partial charge >= 0.3 is 0 Å². The van der Waals surface area contributed by atoms with E-state index in [9.17, 15) is 13.9 Å². The van der Waals surface area contributed by atoms with Crippen LogP contribution in [0.4, 0.5) is 8.78 Å². The van der Waals surface area contributed by atoms with Crippen LogP contribution in [0.15, 0.2) is 30.3 Å². The third kappa shape index (κ3) is 2.54. The predicted molar refractivity (Wildman–Crippen MR) is 72.9 cm³/mol. The van der Waals surface area contributed by atoms with Crippen LogP contribution in [0, 0.1) is 11.6 Å². The number of rotatable bonds is 2. The van der Waals surface area contributed by atoms with Crippen molar-refractivity contribution in [1.82, 2.24) is 0 Å². The Bertz CT molecular complexity index is 671. The van der Waals surface area contributed by atoms with E-state index in [0.29, 0.717) is 24.7 Å². The Labute approximate surface area is 124 Å². The molecule has 1 atom stereocenters. The van der Waals surface area contributed by atoms with Crippen LogP contribution in [-0.4, -0.2) is 18.3 Å². The molecule has 0 radical (unpaired) electrons. The Kier molecular flexibility index (Phi) is 3.69. The van der Waals surface area contributed by atoms with E-state index in [-0.39, 0.29) is 10.6 Å². The quantitative estimate of drug-likeness (QED) is 0.923. The van der Waals surface area contributed by atoms with Crippen LogP contribution in [0.5, 0.6) is 11.5 Å². The first-order valence-electron chi connectivity index (χ1n) is 6.29. The summed E-state index contributed by atoms with van der Waals surface area (Å²) in [7, 11) is 0. The normalized spacial score (nSPS) is 14.9. The molecule has 110 valence electrons.